The number of aliphatic hydroxyl groups is 1. The Morgan fingerprint density at radius 2 is 2.21 bits per heavy atom. The molecule has 3 N–H and O–H groups in total. The summed E-state index contributed by atoms with van der Waals surface area (Å²) >= 11 is 0. The molecule has 0 radical (unpaired) electrons. The van der Waals surface area contributed by atoms with Gasteiger partial charge in [-0.3, -0.25) is 14.9 Å². The summed E-state index contributed by atoms with van der Waals surface area (Å²) in [7, 11) is 0. The van der Waals surface area contributed by atoms with Crippen molar-refractivity contribution in [3.8, 4) is 0 Å². The van der Waals surface area contributed by atoms with Gasteiger partial charge in [-0.2, -0.15) is 5.10 Å². The zero-order valence-corrected chi connectivity index (χ0v) is 13.5. The molecule has 0 aliphatic heterocycles. The van der Waals surface area contributed by atoms with E-state index in [1.165, 1.54) is 0 Å². The van der Waals surface area contributed by atoms with Gasteiger partial charge in [0.05, 0.1) is 5.52 Å². The van der Waals surface area contributed by atoms with E-state index < -0.39 is 0 Å². The molecule has 1 atom stereocenters. The number of benzene rings is 1. The third kappa shape index (κ3) is 3.60. The normalized spacial score (nSPS) is 12.2. The smallest absolute Gasteiger partial charge is 0.272 e. The number of aromatic nitrogens is 3. The number of aliphatic hydroxyl groups excluding tert-OH is 1. The largest absolute Gasteiger partial charge is 0.396 e. The molecule has 1 unspecified atom stereocenters. The molecule has 0 spiro atoms. The van der Waals surface area contributed by atoms with Crippen molar-refractivity contribution in [1.29, 1.82) is 0 Å². The van der Waals surface area contributed by atoms with Crippen LogP contribution in [-0.4, -0.2) is 39.3 Å². The van der Waals surface area contributed by atoms with Gasteiger partial charge in [-0.15, -0.1) is 0 Å². The number of carbonyl (C=O) groups is 1. The maximum Gasteiger partial charge on any atom is 0.272 e. The fourth-order valence-corrected chi connectivity index (χ4v) is 2.64. The summed E-state index contributed by atoms with van der Waals surface area (Å²) in [5.41, 5.74) is 3.18. The van der Waals surface area contributed by atoms with Gasteiger partial charge in [-0.05, 0) is 37.6 Å². The zero-order valence-electron chi connectivity index (χ0n) is 13.5. The van der Waals surface area contributed by atoms with Crippen LogP contribution in [0, 0.1) is 12.8 Å². The Bertz CT molecular complexity index is 829. The van der Waals surface area contributed by atoms with Gasteiger partial charge < -0.3 is 10.4 Å². The SMILES string of the molecule is Cc1ccc2[nH]nc(C(=O)NCC(CO)Cc3ccccn3)c2c1. The Hall–Kier alpha value is -2.73. The van der Waals surface area contributed by atoms with Crippen LogP contribution in [0.5, 0.6) is 0 Å². The van der Waals surface area contributed by atoms with E-state index in [9.17, 15) is 9.90 Å². The van der Waals surface area contributed by atoms with Crippen LogP contribution in [0.25, 0.3) is 10.9 Å². The van der Waals surface area contributed by atoms with Crippen LogP contribution in [-0.2, 0) is 6.42 Å². The highest BCUT2D eigenvalue weighted by Gasteiger charge is 2.16. The highest BCUT2D eigenvalue weighted by molar-refractivity contribution is 6.04. The second-order valence-electron chi connectivity index (χ2n) is 5.91. The van der Waals surface area contributed by atoms with Gasteiger partial charge >= 0.3 is 0 Å². The zero-order chi connectivity index (χ0) is 16.9. The average molecular weight is 324 g/mol. The van der Waals surface area contributed by atoms with Crippen molar-refractivity contribution in [2.24, 2.45) is 5.92 Å². The molecule has 124 valence electrons. The van der Waals surface area contributed by atoms with Crippen LogP contribution in [0.15, 0.2) is 42.6 Å². The molecule has 3 rings (SSSR count). The van der Waals surface area contributed by atoms with Crippen molar-refractivity contribution in [2.45, 2.75) is 13.3 Å². The third-order valence-electron chi connectivity index (χ3n) is 3.97. The van der Waals surface area contributed by atoms with E-state index in [0.717, 1.165) is 22.2 Å². The highest BCUT2D eigenvalue weighted by Crippen LogP contribution is 2.17. The van der Waals surface area contributed by atoms with Crippen LogP contribution in [0.3, 0.4) is 0 Å². The molecule has 6 nitrogen and oxygen atoms in total. The van der Waals surface area contributed by atoms with E-state index in [0.29, 0.717) is 18.7 Å². The van der Waals surface area contributed by atoms with E-state index >= 15 is 0 Å². The molecular formula is C18H20N4O2. The van der Waals surface area contributed by atoms with Crippen LogP contribution in [0.4, 0.5) is 0 Å². The first-order valence-corrected chi connectivity index (χ1v) is 7.91. The minimum absolute atomic E-state index is 0.0166. The van der Waals surface area contributed by atoms with Crippen molar-refractivity contribution in [1.82, 2.24) is 20.5 Å². The van der Waals surface area contributed by atoms with Crippen molar-refractivity contribution in [3.63, 3.8) is 0 Å². The monoisotopic (exact) mass is 324 g/mol. The lowest BCUT2D eigenvalue weighted by atomic mass is 10.0. The molecule has 0 fully saturated rings. The fourth-order valence-electron chi connectivity index (χ4n) is 2.64. The van der Waals surface area contributed by atoms with Gasteiger partial charge in [-0.1, -0.05) is 17.7 Å². The second-order valence-corrected chi connectivity index (χ2v) is 5.91. The number of amides is 1. The molecule has 0 aliphatic rings. The van der Waals surface area contributed by atoms with Crippen molar-refractivity contribution >= 4 is 16.8 Å². The van der Waals surface area contributed by atoms with E-state index in [2.05, 4.69) is 20.5 Å². The van der Waals surface area contributed by atoms with Crippen LogP contribution < -0.4 is 5.32 Å². The third-order valence-corrected chi connectivity index (χ3v) is 3.97. The summed E-state index contributed by atoms with van der Waals surface area (Å²) in [6.45, 7) is 2.33. The first-order valence-electron chi connectivity index (χ1n) is 7.91. The number of H-pyrrole nitrogens is 1. The van der Waals surface area contributed by atoms with Crippen molar-refractivity contribution in [3.05, 3.63) is 59.5 Å². The molecule has 2 heterocycles. The first-order chi connectivity index (χ1) is 11.7. The number of hydrogen-bond acceptors (Lipinski definition) is 4. The molecule has 0 aliphatic carbocycles. The minimum atomic E-state index is -0.244. The number of nitrogens with zero attached hydrogens (tertiary/aromatic N) is 2. The molecule has 24 heavy (non-hydrogen) atoms. The molecule has 0 saturated heterocycles. The second kappa shape index (κ2) is 7.23. The van der Waals surface area contributed by atoms with E-state index in [4.69, 9.17) is 0 Å². The minimum Gasteiger partial charge on any atom is -0.396 e. The van der Waals surface area contributed by atoms with Gasteiger partial charge in [0.2, 0.25) is 0 Å². The lowest BCUT2D eigenvalue weighted by molar-refractivity contribution is 0.0936. The summed E-state index contributed by atoms with van der Waals surface area (Å²) < 4.78 is 0. The number of aromatic amines is 1. The van der Waals surface area contributed by atoms with Crippen molar-refractivity contribution in [2.75, 3.05) is 13.2 Å². The summed E-state index contributed by atoms with van der Waals surface area (Å²) in [4.78, 5) is 16.7. The van der Waals surface area contributed by atoms with Crippen LogP contribution >= 0.6 is 0 Å². The molecule has 0 saturated carbocycles. The van der Waals surface area contributed by atoms with Crippen LogP contribution in [0.2, 0.25) is 0 Å². The van der Waals surface area contributed by atoms with E-state index in [1.54, 1.807) is 6.20 Å². The summed E-state index contributed by atoms with van der Waals surface area (Å²) in [6.07, 6.45) is 2.33. The maximum absolute atomic E-state index is 12.4. The molecule has 3 aromatic rings. The maximum atomic E-state index is 12.4. The Morgan fingerprint density at radius 1 is 1.33 bits per heavy atom. The molecular weight excluding hydrogens is 304 g/mol. The van der Waals surface area contributed by atoms with Gasteiger partial charge in [0.25, 0.3) is 5.91 Å². The van der Waals surface area contributed by atoms with Gasteiger partial charge in [0, 0.05) is 36.3 Å². The van der Waals surface area contributed by atoms with Gasteiger partial charge in [-0.25, -0.2) is 0 Å². The predicted molar refractivity (Wildman–Crippen MR) is 91.7 cm³/mol. The van der Waals surface area contributed by atoms with Crippen molar-refractivity contribution < 1.29 is 9.90 Å². The number of hydrogen-bond donors (Lipinski definition) is 3. The standard InChI is InChI=1S/C18H20N4O2/c1-12-5-6-16-15(8-12)17(22-21-16)18(24)20-10-13(11-23)9-14-4-2-3-7-19-14/h2-8,13,23H,9-11H2,1H3,(H,20,24)(H,21,22). The summed E-state index contributed by atoms with van der Waals surface area (Å²) in [5.74, 6) is -0.331. The Kier molecular flexibility index (Phi) is 4.86. The Labute approximate surface area is 139 Å². The Morgan fingerprint density at radius 3 is 2.96 bits per heavy atom. The van der Waals surface area contributed by atoms with Gasteiger partial charge in [0.15, 0.2) is 5.69 Å². The topological polar surface area (TPSA) is 90.9 Å². The lowest BCUT2D eigenvalue weighted by Crippen LogP contribution is -2.32. The van der Waals surface area contributed by atoms with Gasteiger partial charge in [0.1, 0.15) is 0 Å². The van der Waals surface area contributed by atoms with E-state index in [-0.39, 0.29) is 18.4 Å². The number of carbonyl (C=O) groups excluding carboxylic acids is 1. The average Bonchev–Trinajstić information content (AvgIpc) is 3.02. The lowest BCUT2D eigenvalue weighted by Gasteiger charge is -2.14. The summed E-state index contributed by atoms with van der Waals surface area (Å²) in [5, 5.41) is 20.2. The number of nitrogens with one attached hydrogen (secondary N) is 2. The molecule has 2 aromatic heterocycles. The predicted octanol–water partition coefficient (Wildman–Crippen LogP) is 1.85. The molecule has 0 bridgehead atoms. The summed E-state index contributed by atoms with van der Waals surface area (Å²) in [6, 6.07) is 11.5. The number of pyridine rings is 1. The number of rotatable bonds is 6. The number of fused-ring (bicyclic) bond motifs is 1. The fraction of sp³-hybridized carbons (Fsp3) is 0.278. The quantitative estimate of drug-likeness (QED) is 0.645. The Balaban J connectivity index is 1.66. The molecule has 6 heteroatoms. The first kappa shape index (κ1) is 16.1. The molecule has 1 aromatic carbocycles. The number of aryl methyl sites for hydroxylation is 1. The van der Waals surface area contributed by atoms with E-state index in [1.807, 2.05) is 43.3 Å². The van der Waals surface area contributed by atoms with Crippen LogP contribution in [0.1, 0.15) is 21.7 Å². The highest BCUT2D eigenvalue weighted by atomic mass is 16.3. The molecule has 1 amide bonds.